The third-order valence-corrected chi connectivity index (χ3v) is 4.22. The number of hydrogen-bond donors (Lipinski definition) is 3. The van der Waals surface area contributed by atoms with Gasteiger partial charge >= 0.3 is 5.97 Å². The Labute approximate surface area is 166 Å². The average molecular weight is 396 g/mol. The molecule has 3 N–H and O–H groups in total. The number of pyridine rings is 1. The highest BCUT2D eigenvalue weighted by Crippen LogP contribution is 2.28. The molecule has 2 aromatic carbocycles. The second-order valence-electron chi connectivity index (χ2n) is 6.26. The van der Waals surface area contributed by atoms with Crippen molar-refractivity contribution in [2.24, 2.45) is 0 Å². The van der Waals surface area contributed by atoms with Crippen molar-refractivity contribution in [3.8, 4) is 11.5 Å². The van der Waals surface area contributed by atoms with Crippen molar-refractivity contribution in [3.05, 3.63) is 66.0 Å². The molecule has 8 heteroatoms. The number of carboxylic acid groups (broad SMARTS) is 1. The number of nitrogens with one attached hydrogen (secondary N) is 1. The number of carbonyl (C=O) groups is 2. The van der Waals surface area contributed by atoms with Crippen LogP contribution in [0.3, 0.4) is 0 Å². The van der Waals surface area contributed by atoms with E-state index in [9.17, 15) is 9.59 Å². The number of aliphatic carboxylic acids is 1. The first-order valence-electron chi connectivity index (χ1n) is 8.86. The third kappa shape index (κ3) is 4.87. The van der Waals surface area contributed by atoms with Crippen molar-refractivity contribution in [3.63, 3.8) is 0 Å². The Kier molecular flexibility index (Phi) is 6.38. The van der Waals surface area contributed by atoms with E-state index in [1.54, 1.807) is 18.2 Å². The first kappa shape index (κ1) is 20.2. The number of benzene rings is 2. The maximum atomic E-state index is 12.5. The second kappa shape index (κ2) is 9.13. The summed E-state index contributed by atoms with van der Waals surface area (Å²) in [5.41, 5.74) is 0.480. The van der Waals surface area contributed by atoms with Crippen LogP contribution >= 0.6 is 0 Å². The van der Waals surface area contributed by atoms with E-state index in [0.717, 1.165) is 0 Å². The Hall–Kier alpha value is -3.49. The van der Waals surface area contributed by atoms with Gasteiger partial charge < -0.3 is 25.0 Å². The summed E-state index contributed by atoms with van der Waals surface area (Å²) in [7, 11) is 0. The normalized spacial score (nSPS) is 11.8. The lowest BCUT2D eigenvalue weighted by Gasteiger charge is -2.15. The number of fused-ring (bicyclic) bond motifs is 1. The van der Waals surface area contributed by atoms with Gasteiger partial charge in [-0.2, -0.15) is 0 Å². The van der Waals surface area contributed by atoms with Gasteiger partial charge in [0.1, 0.15) is 30.0 Å². The largest absolute Gasteiger partial charge is 0.480 e. The van der Waals surface area contributed by atoms with Gasteiger partial charge in [0, 0.05) is 17.1 Å². The zero-order valence-corrected chi connectivity index (χ0v) is 15.7. The SMILES string of the molecule is C[C@@H](NC(=O)c1ncc2cc(Oc3ccccc3)ccc2c1COCO)C(=O)O. The number of hydrogen-bond acceptors (Lipinski definition) is 6. The molecule has 0 fully saturated rings. The highest BCUT2D eigenvalue weighted by Gasteiger charge is 2.21. The molecule has 0 aliphatic heterocycles. The number of ether oxygens (including phenoxy) is 2. The predicted molar refractivity (Wildman–Crippen MR) is 105 cm³/mol. The van der Waals surface area contributed by atoms with Gasteiger partial charge in [-0.1, -0.05) is 24.3 Å². The van der Waals surface area contributed by atoms with Crippen LogP contribution in [0.2, 0.25) is 0 Å². The fourth-order valence-electron chi connectivity index (χ4n) is 2.77. The van der Waals surface area contributed by atoms with Crippen LogP contribution in [-0.2, 0) is 16.1 Å². The molecule has 1 aromatic heterocycles. The van der Waals surface area contributed by atoms with E-state index in [1.807, 2.05) is 30.3 Å². The Bertz CT molecular complexity index is 1020. The van der Waals surface area contributed by atoms with E-state index in [0.29, 0.717) is 27.8 Å². The molecular weight excluding hydrogens is 376 g/mol. The van der Waals surface area contributed by atoms with Crippen LogP contribution in [0.25, 0.3) is 10.8 Å². The van der Waals surface area contributed by atoms with Gasteiger partial charge in [0.2, 0.25) is 0 Å². The Morgan fingerprint density at radius 1 is 1.14 bits per heavy atom. The fraction of sp³-hybridized carbons (Fsp3) is 0.190. The highest BCUT2D eigenvalue weighted by molar-refractivity contribution is 6.00. The van der Waals surface area contributed by atoms with E-state index in [1.165, 1.54) is 13.1 Å². The molecular formula is C21H20N2O6. The summed E-state index contributed by atoms with van der Waals surface area (Å²) in [5, 5.41) is 21.8. The first-order chi connectivity index (χ1) is 14.0. The Morgan fingerprint density at radius 2 is 1.90 bits per heavy atom. The Morgan fingerprint density at radius 3 is 2.59 bits per heavy atom. The zero-order chi connectivity index (χ0) is 20.8. The number of aliphatic hydroxyl groups excluding tert-OH is 1. The molecule has 0 bridgehead atoms. The fourth-order valence-corrected chi connectivity index (χ4v) is 2.77. The molecule has 1 atom stereocenters. The summed E-state index contributed by atoms with van der Waals surface area (Å²) in [5.74, 6) is -0.517. The molecule has 0 spiro atoms. The minimum absolute atomic E-state index is 0.0378. The topological polar surface area (TPSA) is 118 Å². The van der Waals surface area contributed by atoms with Crippen LogP contribution in [-0.4, -0.2) is 39.9 Å². The summed E-state index contributed by atoms with van der Waals surface area (Å²) in [6, 6.07) is 13.5. The second-order valence-corrected chi connectivity index (χ2v) is 6.26. The quantitative estimate of drug-likeness (QED) is 0.501. The van der Waals surface area contributed by atoms with E-state index in [-0.39, 0.29) is 12.3 Å². The first-order valence-corrected chi connectivity index (χ1v) is 8.86. The summed E-state index contributed by atoms with van der Waals surface area (Å²) >= 11 is 0. The van der Waals surface area contributed by atoms with Crippen LogP contribution < -0.4 is 10.1 Å². The van der Waals surface area contributed by atoms with Crippen molar-refractivity contribution < 1.29 is 29.3 Å². The van der Waals surface area contributed by atoms with Gasteiger partial charge in [-0.05, 0) is 36.6 Å². The number of rotatable bonds is 8. The van der Waals surface area contributed by atoms with Crippen LogP contribution in [0.4, 0.5) is 0 Å². The van der Waals surface area contributed by atoms with Crippen LogP contribution in [0.5, 0.6) is 11.5 Å². The number of nitrogens with zero attached hydrogens (tertiary/aromatic N) is 1. The molecule has 1 heterocycles. The number of amides is 1. The standard InChI is InChI=1S/C21H20N2O6/c1-13(21(26)27)23-20(25)19-18(11-28-12-24)17-8-7-16(9-14(17)10-22-19)29-15-5-3-2-4-6-15/h2-10,13,24H,11-12H2,1H3,(H,23,25)(H,26,27)/t13-/m1/s1. The molecule has 0 aliphatic rings. The van der Waals surface area contributed by atoms with Crippen molar-refractivity contribution in [1.82, 2.24) is 10.3 Å². The van der Waals surface area contributed by atoms with Crippen LogP contribution in [0, 0.1) is 0 Å². The summed E-state index contributed by atoms with van der Waals surface area (Å²) in [6.45, 7) is 0.764. The number of carboxylic acids is 1. The van der Waals surface area contributed by atoms with Crippen LogP contribution in [0.1, 0.15) is 23.0 Å². The maximum absolute atomic E-state index is 12.5. The highest BCUT2D eigenvalue weighted by atomic mass is 16.6. The van der Waals surface area contributed by atoms with Gasteiger partial charge in [0.05, 0.1) is 6.61 Å². The van der Waals surface area contributed by atoms with Gasteiger partial charge in [-0.3, -0.25) is 14.6 Å². The zero-order valence-electron chi connectivity index (χ0n) is 15.7. The molecule has 0 radical (unpaired) electrons. The number of aliphatic hydroxyl groups is 1. The van der Waals surface area contributed by atoms with E-state index in [4.69, 9.17) is 19.7 Å². The van der Waals surface area contributed by atoms with E-state index >= 15 is 0 Å². The molecule has 1 amide bonds. The molecule has 0 saturated heterocycles. The molecule has 0 saturated carbocycles. The van der Waals surface area contributed by atoms with E-state index in [2.05, 4.69) is 10.3 Å². The lowest BCUT2D eigenvalue weighted by molar-refractivity contribution is -0.138. The summed E-state index contributed by atoms with van der Waals surface area (Å²) < 4.78 is 10.9. The molecule has 8 nitrogen and oxygen atoms in total. The van der Waals surface area contributed by atoms with Crippen molar-refractivity contribution in [1.29, 1.82) is 0 Å². The Balaban J connectivity index is 1.96. The number of para-hydroxylation sites is 1. The van der Waals surface area contributed by atoms with Gasteiger partial charge in [0.25, 0.3) is 5.91 Å². The minimum Gasteiger partial charge on any atom is -0.480 e. The lowest BCUT2D eigenvalue weighted by Crippen LogP contribution is -2.39. The molecule has 3 aromatic rings. The van der Waals surface area contributed by atoms with Crippen LogP contribution in [0.15, 0.2) is 54.7 Å². The molecule has 0 unspecified atom stereocenters. The smallest absolute Gasteiger partial charge is 0.325 e. The van der Waals surface area contributed by atoms with Crippen molar-refractivity contribution in [2.75, 3.05) is 6.79 Å². The van der Waals surface area contributed by atoms with Crippen molar-refractivity contribution >= 4 is 22.6 Å². The number of carbonyl (C=O) groups excluding carboxylic acids is 1. The van der Waals surface area contributed by atoms with Gasteiger partial charge in [-0.15, -0.1) is 0 Å². The monoisotopic (exact) mass is 396 g/mol. The minimum atomic E-state index is -1.16. The average Bonchev–Trinajstić information content (AvgIpc) is 2.72. The molecule has 150 valence electrons. The third-order valence-electron chi connectivity index (χ3n) is 4.22. The molecule has 3 rings (SSSR count). The van der Waals surface area contributed by atoms with E-state index < -0.39 is 24.7 Å². The summed E-state index contributed by atoms with van der Waals surface area (Å²) in [6.07, 6.45) is 1.51. The van der Waals surface area contributed by atoms with Gasteiger partial charge in [-0.25, -0.2) is 0 Å². The molecule has 0 aliphatic carbocycles. The maximum Gasteiger partial charge on any atom is 0.325 e. The van der Waals surface area contributed by atoms with Crippen molar-refractivity contribution in [2.45, 2.75) is 19.6 Å². The number of aromatic nitrogens is 1. The lowest BCUT2D eigenvalue weighted by atomic mass is 10.0. The summed E-state index contributed by atoms with van der Waals surface area (Å²) in [4.78, 5) is 27.7. The van der Waals surface area contributed by atoms with Gasteiger partial charge in [0.15, 0.2) is 0 Å². The predicted octanol–water partition coefficient (Wildman–Crippen LogP) is 2.70. The molecule has 29 heavy (non-hydrogen) atoms.